The summed E-state index contributed by atoms with van der Waals surface area (Å²) >= 11 is 0. The molecule has 10 heteroatoms. The summed E-state index contributed by atoms with van der Waals surface area (Å²) in [5, 5.41) is 9.46. The van der Waals surface area contributed by atoms with Crippen molar-refractivity contribution in [2.75, 3.05) is 33.4 Å². The van der Waals surface area contributed by atoms with Gasteiger partial charge in [-0.05, 0) is 90.3 Å². The Bertz CT molecular complexity index is 1520. The van der Waals surface area contributed by atoms with Gasteiger partial charge in [-0.2, -0.15) is 5.10 Å². The second kappa shape index (κ2) is 12.7. The molecule has 4 aliphatic rings. The Morgan fingerprint density at radius 2 is 2.02 bits per heavy atom. The number of benzene rings is 1. The van der Waals surface area contributed by atoms with E-state index >= 15 is 4.39 Å². The minimum Gasteiger partial charge on any atom is -0.496 e. The number of fused-ring (bicyclic) bond motifs is 3. The van der Waals surface area contributed by atoms with Crippen molar-refractivity contribution >= 4 is 17.0 Å². The number of nitrogens with one attached hydrogen (secondary N) is 1. The molecule has 0 bridgehead atoms. The molecule has 6 rings (SSSR count). The Morgan fingerprint density at radius 1 is 1.26 bits per heavy atom. The lowest BCUT2D eigenvalue weighted by molar-refractivity contribution is -0.0366. The minimum atomic E-state index is -1.16. The lowest BCUT2D eigenvalue weighted by Gasteiger charge is -2.44. The van der Waals surface area contributed by atoms with Crippen LogP contribution in [0.2, 0.25) is 0 Å². The fourth-order valence-electron chi connectivity index (χ4n) is 6.98. The van der Waals surface area contributed by atoms with Crippen molar-refractivity contribution in [3.05, 3.63) is 65.2 Å². The summed E-state index contributed by atoms with van der Waals surface area (Å²) in [6, 6.07) is 4.23. The first-order valence-electron chi connectivity index (χ1n) is 16.8. The molecule has 250 valence electrons. The average molecular weight is 636 g/mol. The molecular weight excluding hydrogens is 585 g/mol. The Kier molecular flexibility index (Phi) is 8.97. The number of ether oxygens (including phenoxy) is 3. The van der Waals surface area contributed by atoms with Crippen LogP contribution in [0, 0.1) is 0 Å². The zero-order valence-corrected chi connectivity index (χ0v) is 28.3. The van der Waals surface area contributed by atoms with E-state index in [0.717, 1.165) is 60.0 Å². The number of hydrogen-bond donors (Lipinski definition) is 1. The highest BCUT2D eigenvalue weighted by molar-refractivity contribution is 5.84. The molecule has 3 atom stereocenters. The fourth-order valence-corrected chi connectivity index (χ4v) is 6.98. The number of rotatable bonds is 9. The molecule has 1 aromatic heterocycles. The minimum absolute atomic E-state index is 0.0458. The van der Waals surface area contributed by atoms with E-state index in [-0.39, 0.29) is 30.4 Å². The van der Waals surface area contributed by atoms with E-state index in [1.165, 1.54) is 5.56 Å². The number of halogens is 1. The number of hydrogen-bond acceptors (Lipinski definition) is 7. The van der Waals surface area contributed by atoms with Gasteiger partial charge in [-0.3, -0.25) is 4.90 Å². The number of amides is 1. The summed E-state index contributed by atoms with van der Waals surface area (Å²) in [7, 11) is 1.66. The lowest BCUT2D eigenvalue weighted by Crippen LogP contribution is -2.60. The quantitative estimate of drug-likeness (QED) is 0.242. The van der Waals surface area contributed by atoms with Crippen molar-refractivity contribution in [3.63, 3.8) is 0 Å². The Hall–Kier alpha value is -3.37. The van der Waals surface area contributed by atoms with Gasteiger partial charge in [-0.1, -0.05) is 18.7 Å². The molecule has 0 radical (unpaired) electrons. The van der Waals surface area contributed by atoms with Gasteiger partial charge in [-0.15, -0.1) is 0 Å². The molecule has 2 saturated heterocycles. The fraction of sp³-hybridized carbons (Fsp3) is 0.611. The first-order valence-corrected chi connectivity index (χ1v) is 16.8. The molecule has 1 unspecified atom stereocenters. The van der Waals surface area contributed by atoms with Crippen LogP contribution < -0.4 is 5.32 Å². The summed E-state index contributed by atoms with van der Waals surface area (Å²) in [5.41, 5.74) is 3.39. The Morgan fingerprint density at radius 3 is 2.65 bits per heavy atom. The molecule has 4 heterocycles. The summed E-state index contributed by atoms with van der Waals surface area (Å²) in [4.78, 5) is 16.4. The van der Waals surface area contributed by atoms with Gasteiger partial charge in [0, 0.05) is 55.0 Å². The lowest BCUT2D eigenvalue weighted by atomic mass is 9.82. The summed E-state index contributed by atoms with van der Waals surface area (Å²) in [6.07, 6.45) is 10.7. The van der Waals surface area contributed by atoms with Gasteiger partial charge < -0.3 is 24.4 Å². The van der Waals surface area contributed by atoms with Crippen LogP contribution in [-0.4, -0.2) is 82.4 Å². The maximum atomic E-state index is 15.4. The number of methoxy groups -OCH3 is 1. The topological polar surface area (TPSA) is 81.1 Å². The summed E-state index contributed by atoms with van der Waals surface area (Å²) in [5.74, 6) is 0.633. The highest BCUT2D eigenvalue weighted by Gasteiger charge is 2.48. The standard InChI is InChI=1S/C36H50FN5O4/c1-8-25(39-26-20-40(21-26)34(43)46-35(4,5)6)18-31(44-7)24(3)33-27-12-13-30-29(19-38-42(30)32-11-9-10-16-45-32)28(27)17-23(2)41(33)22-36(37)14-15-36/h8,12-13,18-19,23,26,32-33,39H,3,9-11,14-17,20-22H2,1-2,4-7H3/b25-8+,31-18+/t23-,32?,33-/m1/s1. The zero-order chi connectivity index (χ0) is 32.8. The van der Waals surface area contributed by atoms with Crippen LogP contribution >= 0.6 is 0 Å². The van der Waals surface area contributed by atoms with Gasteiger partial charge >= 0.3 is 6.09 Å². The van der Waals surface area contributed by atoms with Crippen molar-refractivity contribution in [1.82, 2.24) is 24.9 Å². The Balaban J connectivity index is 1.27. The van der Waals surface area contributed by atoms with E-state index in [0.29, 0.717) is 38.2 Å². The van der Waals surface area contributed by atoms with Crippen LogP contribution in [0.4, 0.5) is 9.18 Å². The van der Waals surface area contributed by atoms with E-state index in [2.05, 4.69) is 35.9 Å². The van der Waals surface area contributed by atoms with Crippen LogP contribution in [0.25, 0.3) is 10.9 Å². The third-order valence-corrected chi connectivity index (χ3v) is 9.68. The van der Waals surface area contributed by atoms with Gasteiger partial charge in [0.2, 0.25) is 0 Å². The van der Waals surface area contributed by atoms with E-state index in [1.807, 2.05) is 50.7 Å². The van der Waals surface area contributed by atoms with Crippen LogP contribution in [0.3, 0.4) is 0 Å². The number of aromatic nitrogens is 2. The van der Waals surface area contributed by atoms with Crippen molar-refractivity contribution in [2.24, 2.45) is 0 Å². The van der Waals surface area contributed by atoms with E-state index in [4.69, 9.17) is 19.3 Å². The van der Waals surface area contributed by atoms with Crippen molar-refractivity contribution in [1.29, 1.82) is 0 Å². The third kappa shape index (κ3) is 6.69. The van der Waals surface area contributed by atoms with Crippen LogP contribution in [0.1, 0.15) is 90.1 Å². The highest BCUT2D eigenvalue weighted by atomic mass is 19.1. The molecule has 1 saturated carbocycles. The molecule has 1 N–H and O–H groups in total. The molecule has 46 heavy (non-hydrogen) atoms. The number of likely N-dealkylation sites (tertiary alicyclic amines) is 1. The summed E-state index contributed by atoms with van der Waals surface area (Å²) in [6.45, 7) is 16.6. The number of carbonyl (C=O) groups excluding carboxylic acids is 1. The first kappa shape index (κ1) is 32.6. The monoisotopic (exact) mass is 635 g/mol. The first-order chi connectivity index (χ1) is 21.9. The average Bonchev–Trinajstić information content (AvgIpc) is 3.56. The van der Waals surface area contributed by atoms with Crippen LogP contribution in [-0.2, 0) is 20.6 Å². The molecular formula is C36H50FN5O4. The third-order valence-electron chi connectivity index (χ3n) is 9.68. The molecule has 9 nitrogen and oxygen atoms in total. The van der Waals surface area contributed by atoms with Gasteiger partial charge in [0.05, 0.1) is 30.9 Å². The predicted octanol–water partition coefficient (Wildman–Crippen LogP) is 6.72. The SMILES string of the molecule is C=C(/C(=C\C(=C/C)NC1CN(C(=O)OC(C)(C)C)C1)OC)[C@@H]1c2ccc3c(cnn3C3CCCCO3)c2C[C@@H](C)N1CC1(F)CC1. The maximum absolute atomic E-state index is 15.4. The molecule has 1 amide bonds. The highest BCUT2D eigenvalue weighted by Crippen LogP contribution is 2.48. The van der Waals surface area contributed by atoms with Crippen molar-refractivity contribution in [3.8, 4) is 0 Å². The maximum Gasteiger partial charge on any atom is 0.410 e. The van der Waals surface area contributed by atoms with Crippen molar-refractivity contribution < 1.29 is 23.4 Å². The second-order valence-electron chi connectivity index (χ2n) is 14.5. The predicted molar refractivity (Wildman–Crippen MR) is 177 cm³/mol. The molecule has 2 aromatic rings. The number of allylic oxidation sites excluding steroid dienone is 2. The van der Waals surface area contributed by atoms with E-state index in [1.54, 1.807) is 12.0 Å². The van der Waals surface area contributed by atoms with Gasteiger partial charge in [-0.25, -0.2) is 13.9 Å². The second-order valence-corrected chi connectivity index (χ2v) is 14.5. The van der Waals surface area contributed by atoms with Gasteiger partial charge in [0.1, 0.15) is 17.0 Å². The number of alkyl halides is 1. The normalized spacial score (nSPS) is 25.5. The molecule has 1 aromatic carbocycles. The summed E-state index contributed by atoms with van der Waals surface area (Å²) < 4.78 is 35.1. The van der Waals surface area contributed by atoms with Crippen LogP contribution in [0.5, 0.6) is 0 Å². The molecule has 1 aliphatic carbocycles. The van der Waals surface area contributed by atoms with Crippen LogP contribution in [0.15, 0.2) is 54.1 Å². The zero-order valence-electron chi connectivity index (χ0n) is 28.3. The van der Waals surface area contributed by atoms with Crippen molar-refractivity contribution in [2.45, 2.75) is 109 Å². The van der Waals surface area contributed by atoms with E-state index < -0.39 is 11.3 Å². The smallest absolute Gasteiger partial charge is 0.410 e. The Labute approximate surface area is 272 Å². The number of carbonyl (C=O) groups is 1. The number of nitrogens with zero attached hydrogens (tertiary/aromatic N) is 4. The molecule has 3 aliphatic heterocycles. The van der Waals surface area contributed by atoms with E-state index in [9.17, 15) is 4.79 Å². The van der Waals surface area contributed by atoms with Gasteiger partial charge in [0.15, 0.2) is 6.23 Å². The molecule has 0 spiro atoms. The molecule has 3 fully saturated rings. The largest absolute Gasteiger partial charge is 0.496 e. The van der Waals surface area contributed by atoms with Gasteiger partial charge in [0.25, 0.3) is 0 Å².